The number of rotatable bonds is 4. The highest BCUT2D eigenvalue weighted by molar-refractivity contribution is 7.89. The van der Waals surface area contributed by atoms with Crippen LogP contribution in [-0.4, -0.2) is 33.3 Å². The summed E-state index contributed by atoms with van der Waals surface area (Å²) in [6.45, 7) is 3.52. The Kier molecular flexibility index (Phi) is 3.62. The topological polar surface area (TPSA) is 98.9 Å². The molecule has 1 fully saturated rings. The van der Waals surface area contributed by atoms with E-state index in [1.54, 1.807) is 13.8 Å². The van der Waals surface area contributed by atoms with E-state index in [0.29, 0.717) is 5.01 Å². The van der Waals surface area contributed by atoms with E-state index in [1.807, 2.05) is 0 Å². The van der Waals surface area contributed by atoms with Crippen LogP contribution in [0.4, 0.5) is 4.39 Å². The first-order valence-corrected chi connectivity index (χ1v) is 10.2. The van der Waals surface area contributed by atoms with Crippen LogP contribution in [-0.2, 0) is 17.1 Å². The smallest absolute Gasteiger partial charge is 0.292 e. The minimum absolute atomic E-state index is 0.0134. The number of aromatic nitrogens is 4. The fraction of sp³-hybridized carbons (Fsp3) is 0.400. The number of sulfonamides is 1. The van der Waals surface area contributed by atoms with Crippen LogP contribution < -0.4 is 10.4 Å². The second-order valence-electron chi connectivity index (χ2n) is 6.72. The van der Waals surface area contributed by atoms with E-state index in [4.69, 9.17) is 0 Å². The van der Waals surface area contributed by atoms with Crippen LogP contribution in [0.25, 0.3) is 16.2 Å². The lowest BCUT2D eigenvalue weighted by atomic mass is 10.3. The Morgan fingerprint density at radius 2 is 2.00 bits per heavy atom. The molecule has 11 heteroatoms. The number of benzene rings is 1. The third kappa shape index (κ3) is 2.66. The van der Waals surface area contributed by atoms with Gasteiger partial charge in [-0.15, -0.1) is 10.2 Å². The van der Waals surface area contributed by atoms with Crippen molar-refractivity contribution in [3.05, 3.63) is 33.4 Å². The van der Waals surface area contributed by atoms with Crippen molar-refractivity contribution in [2.75, 3.05) is 0 Å². The molecular weight excluding hydrogens is 381 g/mol. The number of aryl methyl sites for hydroxylation is 2. The molecule has 4 rings (SSSR count). The fourth-order valence-corrected chi connectivity index (χ4v) is 4.99. The highest BCUT2D eigenvalue weighted by Crippen LogP contribution is 2.36. The minimum Gasteiger partial charge on any atom is -0.292 e. The molecule has 1 saturated carbocycles. The molecular formula is C15H16FN5O3S2. The quantitative estimate of drug-likeness (QED) is 0.719. The summed E-state index contributed by atoms with van der Waals surface area (Å²) in [5.41, 5.74) is -0.863. The van der Waals surface area contributed by atoms with Crippen molar-refractivity contribution in [1.82, 2.24) is 24.1 Å². The van der Waals surface area contributed by atoms with E-state index in [1.165, 1.54) is 17.7 Å². The highest BCUT2D eigenvalue weighted by Gasteiger charge is 2.41. The Balaban J connectivity index is 1.98. The molecule has 1 aromatic carbocycles. The van der Waals surface area contributed by atoms with E-state index >= 15 is 0 Å². The van der Waals surface area contributed by atoms with E-state index in [0.717, 1.165) is 34.8 Å². The van der Waals surface area contributed by atoms with Crippen LogP contribution in [0.15, 0.2) is 21.8 Å². The number of nitrogens with one attached hydrogen (secondary N) is 1. The van der Waals surface area contributed by atoms with Crippen molar-refractivity contribution in [2.45, 2.75) is 37.1 Å². The maximum absolute atomic E-state index is 14.7. The summed E-state index contributed by atoms with van der Waals surface area (Å²) < 4.78 is 44.9. The van der Waals surface area contributed by atoms with Crippen LogP contribution in [0.5, 0.6) is 0 Å². The number of hydrogen-bond acceptors (Lipinski definition) is 6. The zero-order chi connectivity index (χ0) is 18.9. The number of imidazole rings is 1. The molecule has 0 bridgehead atoms. The van der Waals surface area contributed by atoms with Crippen molar-refractivity contribution in [1.29, 1.82) is 0 Å². The van der Waals surface area contributed by atoms with Gasteiger partial charge in [-0.1, -0.05) is 11.3 Å². The second-order valence-corrected chi connectivity index (χ2v) is 9.56. The number of fused-ring (bicyclic) bond motifs is 1. The highest BCUT2D eigenvalue weighted by atomic mass is 32.2. The van der Waals surface area contributed by atoms with Gasteiger partial charge in [-0.05, 0) is 38.8 Å². The van der Waals surface area contributed by atoms with E-state index in [9.17, 15) is 17.6 Å². The van der Waals surface area contributed by atoms with E-state index < -0.39 is 27.1 Å². The molecule has 0 amide bonds. The van der Waals surface area contributed by atoms with Gasteiger partial charge in [0.05, 0.1) is 10.4 Å². The molecule has 1 N–H and O–H groups in total. The van der Waals surface area contributed by atoms with Crippen LogP contribution >= 0.6 is 11.3 Å². The molecule has 26 heavy (non-hydrogen) atoms. The predicted molar refractivity (Wildman–Crippen MR) is 94.6 cm³/mol. The molecule has 2 aromatic heterocycles. The van der Waals surface area contributed by atoms with Gasteiger partial charge in [0.1, 0.15) is 16.3 Å². The van der Waals surface area contributed by atoms with Gasteiger partial charge in [0.25, 0.3) is 0 Å². The van der Waals surface area contributed by atoms with Crippen molar-refractivity contribution < 1.29 is 12.8 Å². The summed E-state index contributed by atoms with van der Waals surface area (Å²) in [5, 5.41) is 8.70. The molecule has 2 heterocycles. The van der Waals surface area contributed by atoms with E-state index in [2.05, 4.69) is 14.9 Å². The summed E-state index contributed by atoms with van der Waals surface area (Å²) >= 11 is 1.16. The van der Waals surface area contributed by atoms with Gasteiger partial charge in [-0.3, -0.25) is 4.57 Å². The number of hydrogen-bond donors (Lipinski definition) is 1. The molecule has 3 aromatic rings. The summed E-state index contributed by atoms with van der Waals surface area (Å²) in [4.78, 5) is 12.4. The molecule has 0 aliphatic heterocycles. The van der Waals surface area contributed by atoms with Gasteiger partial charge in [-0.2, -0.15) is 0 Å². The Morgan fingerprint density at radius 3 is 2.58 bits per heavy atom. The fourth-order valence-electron chi connectivity index (χ4n) is 2.80. The summed E-state index contributed by atoms with van der Waals surface area (Å²) in [6.07, 6.45) is 1.47. The van der Waals surface area contributed by atoms with Gasteiger partial charge in [-0.25, -0.2) is 26.9 Å². The maximum Gasteiger partial charge on any atom is 0.335 e. The standard InChI is InChI=1S/C15H16FN5O3S2/c1-8-17-18-13(25-8)21-11-7-9(26(23,24)19-15(2)4-5-15)6-10(16)12(11)20(3)14(21)22/h6-7,19H,4-5H2,1-3H3. The first-order valence-electron chi connectivity index (χ1n) is 7.87. The third-order valence-corrected chi connectivity index (χ3v) is 6.91. The lowest BCUT2D eigenvalue weighted by Gasteiger charge is -2.12. The Bertz CT molecular complexity index is 1200. The van der Waals surface area contributed by atoms with Crippen molar-refractivity contribution >= 4 is 32.4 Å². The first-order chi connectivity index (χ1) is 12.1. The Hall–Kier alpha value is -2.11. The molecule has 0 atom stereocenters. The zero-order valence-electron chi connectivity index (χ0n) is 14.3. The molecule has 1 aliphatic rings. The minimum atomic E-state index is -3.91. The third-order valence-electron chi connectivity index (χ3n) is 4.47. The lowest BCUT2D eigenvalue weighted by Crippen LogP contribution is -2.34. The first kappa shape index (κ1) is 17.3. The van der Waals surface area contributed by atoms with Gasteiger partial charge >= 0.3 is 5.69 Å². The summed E-state index contributed by atoms with van der Waals surface area (Å²) in [6, 6.07) is 2.23. The normalized spacial score (nSPS) is 16.3. The lowest BCUT2D eigenvalue weighted by molar-refractivity contribution is 0.556. The zero-order valence-corrected chi connectivity index (χ0v) is 15.9. The second kappa shape index (κ2) is 5.44. The molecule has 8 nitrogen and oxygen atoms in total. The van der Waals surface area contributed by atoms with E-state index in [-0.39, 0.29) is 21.1 Å². The summed E-state index contributed by atoms with van der Waals surface area (Å²) in [5.74, 6) is -0.789. The monoisotopic (exact) mass is 397 g/mol. The average molecular weight is 397 g/mol. The molecule has 0 spiro atoms. The predicted octanol–water partition coefficient (Wildman–Crippen LogP) is 1.46. The van der Waals surface area contributed by atoms with Crippen molar-refractivity contribution in [3.8, 4) is 5.13 Å². The SMILES string of the molecule is Cc1nnc(-n2c(=O)n(C)c3c(F)cc(S(=O)(=O)NC4(C)CC4)cc32)s1. The maximum atomic E-state index is 14.7. The largest absolute Gasteiger partial charge is 0.335 e. The molecule has 138 valence electrons. The van der Waals surface area contributed by atoms with Gasteiger partial charge in [0.15, 0.2) is 0 Å². The Labute approximate surface area is 152 Å². The Morgan fingerprint density at radius 1 is 1.31 bits per heavy atom. The molecule has 0 unspecified atom stereocenters. The van der Waals surface area contributed by atoms with Gasteiger partial charge in [0, 0.05) is 12.6 Å². The summed E-state index contributed by atoms with van der Waals surface area (Å²) in [7, 11) is -2.49. The molecule has 0 saturated heterocycles. The number of nitrogens with zero attached hydrogens (tertiary/aromatic N) is 4. The van der Waals surface area contributed by atoms with Crippen molar-refractivity contribution in [3.63, 3.8) is 0 Å². The van der Waals surface area contributed by atoms with Crippen LogP contribution in [0.2, 0.25) is 0 Å². The van der Waals surface area contributed by atoms with Gasteiger partial charge < -0.3 is 0 Å². The van der Waals surface area contributed by atoms with Crippen LogP contribution in [0.1, 0.15) is 24.8 Å². The van der Waals surface area contributed by atoms with Crippen LogP contribution in [0.3, 0.4) is 0 Å². The molecule has 0 radical (unpaired) electrons. The average Bonchev–Trinajstić information content (AvgIpc) is 2.99. The molecule has 1 aliphatic carbocycles. The number of halogens is 1. The van der Waals surface area contributed by atoms with Gasteiger partial charge in [0.2, 0.25) is 15.2 Å². The van der Waals surface area contributed by atoms with Crippen molar-refractivity contribution in [2.24, 2.45) is 7.05 Å². The van der Waals surface area contributed by atoms with Crippen LogP contribution in [0, 0.1) is 12.7 Å².